The number of nitrogens with zero attached hydrogens (tertiary/aromatic N) is 4. The predicted octanol–water partition coefficient (Wildman–Crippen LogP) is 4.07. The number of ether oxygens (including phenoxy) is 1. The number of hydrogen-bond acceptors (Lipinski definition) is 5. The number of methoxy groups -OCH3 is 1. The van der Waals surface area contributed by atoms with Gasteiger partial charge in [-0.1, -0.05) is 41.9 Å². The standard InChI is InChI=1S/C22H21ClFN5O3/c1-27-21-15(20(23)26-27)12-29(18-10-6-5-9-17(18)25-21)22(31)28(13-19(30)32-2)11-14-7-3-4-8-16(14)24/h3-10,25H,11-13H2,1-2H3. The van der Waals surface area contributed by atoms with Gasteiger partial charge in [0.25, 0.3) is 0 Å². The number of nitrogens with one attached hydrogen (secondary N) is 1. The van der Waals surface area contributed by atoms with E-state index in [2.05, 4.69) is 10.4 Å². The lowest BCUT2D eigenvalue weighted by atomic mass is 10.2. The Bertz CT molecular complexity index is 1180. The Morgan fingerprint density at radius 2 is 1.94 bits per heavy atom. The number of rotatable bonds is 4. The number of carbonyl (C=O) groups excluding carboxylic acids is 2. The molecular formula is C22H21ClFN5O3. The Kier molecular flexibility index (Phi) is 6.00. The topological polar surface area (TPSA) is 79.7 Å². The number of fused-ring (bicyclic) bond motifs is 2. The van der Waals surface area contributed by atoms with Gasteiger partial charge < -0.3 is 15.0 Å². The van der Waals surface area contributed by atoms with Crippen molar-refractivity contribution >= 4 is 40.8 Å². The minimum Gasteiger partial charge on any atom is -0.468 e. The van der Waals surface area contributed by atoms with E-state index in [1.165, 1.54) is 23.0 Å². The molecule has 166 valence electrons. The fourth-order valence-corrected chi connectivity index (χ4v) is 3.86. The van der Waals surface area contributed by atoms with Crippen molar-refractivity contribution in [3.63, 3.8) is 0 Å². The molecule has 2 aromatic carbocycles. The highest BCUT2D eigenvalue weighted by molar-refractivity contribution is 6.30. The van der Waals surface area contributed by atoms with Crippen molar-refractivity contribution in [1.82, 2.24) is 14.7 Å². The van der Waals surface area contributed by atoms with E-state index in [4.69, 9.17) is 16.3 Å². The smallest absolute Gasteiger partial charge is 0.325 e. The lowest BCUT2D eigenvalue weighted by Gasteiger charge is -2.30. The largest absolute Gasteiger partial charge is 0.468 e. The summed E-state index contributed by atoms with van der Waals surface area (Å²) in [4.78, 5) is 28.5. The summed E-state index contributed by atoms with van der Waals surface area (Å²) in [5.41, 5.74) is 2.17. The quantitative estimate of drug-likeness (QED) is 0.597. The van der Waals surface area contributed by atoms with Crippen molar-refractivity contribution in [2.45, 2.75) is 13.1 Å². The van der Waals surface area contributed by atoms with Gasteiger partial charge in [0, 0.05) is 12.6 Å². The molecule has 0 aliphatic carbocycles. The highest BCUT2D eigenvalue weighted by atomic mass is 35.5. The van der Waals surface area contributed by atoms with E-state index in [9.17, 15) is 14.0 Å². The second-order valence-corrected chi connectivity index (χ2v) is 7.63. The lowest BCUT2D eigenvalue weighted by molar-refractivity contribution is -0.141. The van der Waals surface area contributed by atoms with E-state index in [-0.39, 0.29) is 30.4 Å². The van der Waals surface area contributed by atoms with E-state index in [1.807, 2.05) is 12.1 Å². The number of hydrogen-bond donors (Lipinski definition) is 1. The van der Waals surface area contributed by atoms with Gasteiger partial charge in [0.15, 0.2) is 5.15 Å². The molecule has 0 saturated heterocycles. The molecule has 10 heteroatoms. The third kappa shape index (κ3) is 4.11. The van der Waals surface area contributed by atoms with Crippen LogP contribution in [0.1, 0.15) is 11.1 Å². The highest BCUT2D eigenvalue weighted by Crippen LogP contribution is 2.38. The predicted molar refractivity (Wildman–Crippen MR) is 118 cm³/mol. The number of aromatic nitrogens is 2. The number of urea groups is 1. The van der Waals surface area contributed by atoms with Gasteiger partial charge >= 0.3 is 12.0 Å². The Labute approximate surface area is 189 Å². The molecule has 0 spiro atoms. The zero-order valence-corrected chi connectivity index (χ0v) is 18.3. The van der Waals surface area contributed by atoms with Gasteiger partial charge in [0.2, 0.25) is 0 Å². The van der Waals surface area contributed by atoms with Crippen molar-refractivity contribution in [3.8, 4) is 0 Å². The summed E-state index contributed by atoms with van der Waals surface area (Å²) in [5.74, 6) is -0.423. The van der Waals surface area contributed by atoms with E-state index in [0.717, 1.165) is 0 Å². The summed E-state index contributed by atoms with van der Waals surface area (Å²) >= 11 is 6.34. The highest BCUT2D eigenvalue weighted by Gasteiger charge is 2.32. The van der Waals surface area contributed by atoms with Crippen LogP contribution in [-0.4, -0.2) is 40.3 Å². The maximum absolute atomic E-state index is 14.3. The molecule has 2 heterocycles. The number of halogens is 2. The molecule has 1 aliphatic rings. The number of benzene rings is 2. The molecule has 32 heavy (non-hydrogen) atoms. The number of anilines is 3. The zero-order chi connectivity index (χ0) is 22.8. The molecule has 8 nitrogen and oxygen atoms in total. The molecule has 0 unspecified atom stereocenters. The lowest BCUT2D eigenvalue weighted by Crippen LogP contribution is -2.45. The van der Waals surface area contributed by atoms with E-state index >= 15 is 0 Å². The maximum atomic E-state index is 14.3. The Morgan fingerprint density at radius 1 is 1.22 bits per heavy atom. The van der Waals surface area contributed by atoms with Gasteiger partial charge in [0.05, 0.1) is 37.1 Å². The first-order valence-electron chi connectivity index (χ1n) is 9.83. The normalized spacial score (nSPS) is 12.3. The average molecular weight is 458 g/mol. The minimum atomic E-state index is -0.615. The molecule has 0 bridgehead atoms. The van der Waals surface area contributed by atoms with Crippen molar-refractivity contribution < 1.29 is 18.7 Å². The van der Waals surface area contributed by atoms with E-state index in [1.54, 1.807) is 42.1 Å². The second-order valence-electron chi connectivity index (χ2n) is 7.28. The van der Waals surface area contributed by atoms with Crippen LogP contribution in [0.4, 0.5) is 26.4 Å². The SMILES string of the molecule is COC(=O)CN(Cc1ccccc1F)C(=O)N1Cc2c(Cl)nn(C)c2Nc2ccccc21. The molecular weight excluding hydrogens is 437 g/mol. The van der Waals surface area contributed by atoms with Crippen molar-refractivity contribution in [2.24, 2.45) is 7.05 Å². The molecule has 1 aromatic heterocycles. The van der Waals surface area contributed by atoms with Gasteiger partial charge in [-0.25, -0.2) is 9.18 Å². The zero-order valence-electron chi connectivity index (χ0n) is 17.5. The third-order valence-corrected chi connectivity index (χ3v) is 5.53. The Morgan fingerprint density at radius 3 is 2.69 bits per heavy atom. The summed E-state index contributed by atoms with van der Waals surface area (Å²) in [7, 11) is 2.99. The number of aryl methyl sites for hydroxylation is 1. The summed E-state index contributed by atoms with van der Waals surface area (Å²) in [6.07, 6.45) is 0. The first-order valence-corrected chi connectivity index (χ1v) is 10.2. The van der Waals surface area contributed by atoms with Crippen molar-refractivity contribution in [3.05, 3.63) is 70.6 Å². The summed E-state index contributed by atoms with van der Waals surface area (Å²) < 4.78 is 20.7. The molecule has 4 rings (SSSR count). The summed E-state index contributed by atoms with van der Waals surface area (Å²) in [6.45, 7) is -0.344. The second kappa shape index (κ2) is 8.88. The number of para-hydroxylation sites is 2. The number of carbonyl (C=O) groups is 2. The molecule has 2 amide bonds. The van der Waals surface area contributed by atoms with Crippen LogP contribution in [-0.2, 0) is 29.7 Å². The number of esters is 1. The van der Waals surface area contributed by atoms with Crippen LogP contribution in [0.15, 0.2) is 48.5 Å². The van der Waals surface area contributed by atoms with E-state index in [0.29, 0.717) is 22.8 Å². The first kappa shape index (κ1) is 21.6. The molecule has 1 N–H and O–H groups in total. The van der Waals surface area contributed by atoms with Crippen LogP contribution in [0.5, 0.6) is 0 Å². The molecule has 0 fully saturated rings. The number of amides is 2. The monoisotopic (exact) mass is 457 g/mol. The van der Waals surface area contributed by atoms with Crippen LogP contribution in [0.3, 0.4) is 0 Å². The van der Waals surface area contributed by atoms with Crippen LogP contribution in [0, 0.1) is 5.82 Å². The summed E-state index contributed by atoms with van der Waals surface area (Å²) in [5, 5.41) is 7.77. The summed E-state index contributed by atoms with van der Waals surface area (Å²) in [6, 6.07) is 12.9. The maximum Gasteiger partial charge on any atom is 0.325 e. The fraction of sp³-hybridized carbons (Fsp3) is 0.227. The van der Waals surface area contributed by atoms with Crippen molar-refractivity contribution in [1.29, 1.82) is 0 Å². The fourth-order valence-electron chi connectivity index (χ4n) is 3.60. The van der Waals surface area contributed by atoms with Crippen LogP contribution in [0.25, 0.3) is 0 Å². The third-order valence-electron chi connectivity index (χ3n) is 5.23. The molecule has 0 atom stereocenters. The van der Waals surface area contributed by atoms with Gasteiger partial charge in [0.1, 0.15) is 18.2 Å². The average Bonchev–Trinajstić information content (AvgIpc) is 2.95. The van der Waals surface area contributed by atoms with Crippen LogP contribution >= 0.6 is 11.6 Å². The Hall–Kier alpha value is -3.59. The van der Waals surface area contributed by atoms with Gasteiger partial charge in [-0.2, -0.15) is 5.10 Å². The Balaban J connectivity index is 1.75. The first-order chi connectivity index (χ1) is 15.4. The van der Waals surface area contributed by atoms with Crippen LogP contribution < -0.4 is 10.2 Å². The molecule has 0 saturated carbocycles. The minimum absolute atomic E-state index is 0.111. The molecule has 0 radical (unpaired) electrons. The van der Waals surface area contributed by atoms with E-state index < -0.39 is 17.8 Å². The van der Waals surface area contributed by atoms with Crippen molar-refractivity contribution in [2.75, 3.05) is 23.9 Å². The van der Waals surface area contributed by atoms with Gasteiger partial charge in [-0.05, 0) is 18.2 Å². The van der Waals surface area contributed by atoms with Crippen LogP contribution in [0.2, 0.25) is 5.15 Å². The molecule has 1 aliphatic heterocycles. The van der Waals surface area contributed by atoms with Gasteiger partial charge in [-0.3, -0.25) is 14.4 Å². The molecule has 3 aromatic rings. The van der Waals surface area contributed by atoms with Gasteiger partial charge in [-0.15, -0.1) is 0 Å².